The molecule has 1 amide bonds. The highest BCUT2D eigenvalue weighted by molar-refractivity contribution is 9.11. The maximum absolute atomic E-state index is 12.8. The lowest BCUT2D eigenvalue weighted by atomic mass is 9.96. The van der Waals surface area contributed by atoms with Gasteiger partial charge in [-0.25, -0.2) is 0 Å². The van der Waals surface area contributed by atoms with Crippen LogP contribution < -0.4 is 9.64 Å². The number of anilines is 1. The highest BCUT2D eigenvalue weighted by Crippen LogP contribution is 2.39. The van der Waals surface area contributed by atoms with Crippen LogP contribution in [0.5, 0.6) is 5.75 Å². The average Bonchev–Trinajstić information content (AvgIpc) is 2.93. The fourth-order valence-electron chi connectivity index (χ4n) is 2.78. The van der Waals surface area contributed by atoms with E-state index in [1.165, 1.54) is 22.5 Å². The molecular weight excluding hydrogens is 350 g/mol. The number of thiophene rings is 1. The van der Waals surface area contributed by atoms with Crippen molar-refractivity contribution in [1.82, 2.24) is 0 Å². The molecule has 2 aromatic rings. The van der Waals surface area contributed by atoms with Gasteiger partial charge in [-0.15, -0.1) is 11.3 Å². The minimum atomic E-state index is 0.0514. The van der Waals surface area contributed by atoms with E-state index < -0.39 is 0 Å². The summed E-state index contributed by atoms with van der Waals surface area (Å²) >= 11 is 4.89. The minimum absolute atomic E-state index is 0.0514. The lowest BCUT2D eigenvalue weighted by Gasteiger charge is -2.31. The number of fused-ring (bicyclic) bond motifs is 1. The number of carbonyl (C=O) groups is 1. The predicted octanol–water partition coefficient (Wildman–Crippen LogP) is 4.42. The van der Waals surface area contributed by atoms with Crippen LogP contribution in [-0.4, -0.2) is 19.6 Å². The van der Waals surface area contributed by atoms with Crippen LogP contribution in [-0.2, 0) is 6.42 Å². The van der Waals surface area contributed by atoms with E-state index in [1.807, 2.05) is 23.1 Å². The molecule has 1 aromatic carbocycles. The number of halogens is 1. The fraction of sp³-hybridized carbons (Fsp3) is 0.312. The highest BCUT2D eigenvalue weighted by atomic mass is 79.9. The number of rotatable bonds is 2. The summed E-state index contributed by atoms with van der Waals surface area (Å²) in [5.74, 6) is 0.829. The van der Waals surface area contributed by atoms with Gasteiger partial charge in [0.05, 0.1) is 21.5 Å². The third-order valence-corrected chi connectivity index (χ3v) is 5.42. The van der Waals surface area contributed by atoms with Crippen LogP contribution in [0.25, 0.3) is 0 Å². The van der Waals surface area contributed by atoms with Crippen LogP contribution in [0.1, 0.15) is 27.2 Å². The van der Waals surface area contributed by atoms with E-state index in [0.717, 1.165) is 39.5 Å². The second-order valence-corrected chi connectivity index (χ2v) is 7.54. The number of carbonyl (C=O) groups excluding carboxylic acids is 1. The molecule has 0 saturated heterocycles. The maximum Gasteiger partial charge on any atom is 0.268 e. The number of aryl methyl sites for hydroxylation is 1. The van der Waals surface area contributed by atoms with Gasteiger partial charge in [0.25, 0.3) is 5.91 Å². The number of benzene rings is 1. The van der Waals surface area contributed by atoms with Crippen molar-refractivity contribution in [3.63, 3.8) is 0 Å². The molecule has 0 saturated carbocycles. The van der Waals surface area contributed by atoms with E-state index in [2.05, 4.69) is 28.9 Å². The Labute approximate surface area is 136 Å². The Kier molecular flexibility index (Phi) is 4.04. The lowest BCUT2D eigenvalue weighted by molar-refractivity contribution is 0.0988. The molecule has 0 unspecified atom stereocenters. The molecule has 0 fully saturated rings. The van der Waals surface area contributed by atoms with Gasteiger partial charge >= 0.3 is 0 Å². The monoisotopic (exact) mass is 365 g/mol. The smallest absolute Gasteiger partial charge is 0.268 e. The summed E-state index contributed by atoms with van der Waals surface area (Å²) in [6.45, 7) is 2.83. The summed E-state index contributed by atoms with van der Waals surface area (Å²) in [7, 11) is 1.66. The van der Waals surface area contributed by atoms with Crippen molar-refractivity contribution >= 4 is 38.9 Å². The van der Waals surface area contributed by atoms with Crippen LogP contribution >= 0.6 is 27.3 Å². The quantitative estimate of drug-likeness (QED) is 0.788. The second-order valence-electron chi connectivity index (χ2n) is 5.08. The van der Waals surface area contributed by atoms with E-state index in [4.69, 9.17) is 4.74 Å². The molecule has 110 valence electrons. The van der Waals surface area contributed by atoms with E-state index >= 15 is 0 Å². The normalized spacial score (nSPS) is 14.0. The molecule has 2 heterocycles. The van der Waals surface area contributed by atoms with Crippen molar-refractivity contribution in [2.75, 3.05) is 18.6 Å². The number of hydrogen-bond donors (Lipinski definition) is 0. The average molecular weight is 366 g/mol. The van der Waals surface area contributed by atoms with Crippen LogP contribution in [0, 0.1) is 6.92 Å². The number of hydrogen-bond acceptors (Lipinski definition) is 3. The molecule has 21 heavy (non-hydrogen) atoms. The van der Waals surface area contributed by atoms with Gasteiger partial charge in [0.15, 0.2) is 0 Å². The molecule has 1 aromatic heterocycles. The van der Waals surface area contributed by atoms with E-state index in [1.54, 1.807) is 7.11 Å². The summed E-state index contributed by atoms with van der Waals surface area (Å²) in [5.41, 5.74) is 3.39. The van der Waals surface area contributed by atoms with Gasteiger partial charge in [-0.2, -0.15) is 0 Å². The highest BCUT2D eigenvalue weighted by Gasteiger charge is 2.28. The molecule has 0 radical (unpaired) electrons. The Hall–Kier alpha value is -1.33. The molecule has 1 aliphatic heterocycles. The molecule has 0 atom stereocenters. The first kappa shape index (κ1) is 14.6. The largest absolute Gasteiger partial charge is 0.495 e. The molecule has 0 N–H and O–H groups in total. The number of nitrogens with zero attached hydrogens (tertiary/aromatic N) is 1. The third-order valence-electron chi connectivity index (χ3n) is 3.81. The SMILES string of the molecule is COc1ccc(C)c2c1N(C(=O)c1ccc(Br)s1)CCC2. The minimum Gasteiger partial charge on any atom is -0.495 e. The van der Waals surface area contributed by atoms with Gasteiger partial charge in [-0.3, -0.25) is 4.79 Å². The van der Waals surface area contributed by atoms with Crippen LogP contribution in [0.4, 0.5) is 5.69 Å². The topological polar surface area (TPSA) is 29.5 Å². The van der Waals surface area contributed by atoms with Crippen LogP contribution in [0.3, 0.4) is 0 Å². The van der Waals surface area contributed by atoms with Gasteiger partial charge < -0.3 is 9.64 Å². The Morgan fingerprint density at radius 1 is 1.33 bits per heavy atom. The van der Waals surface area contributed by atoms with Gasteiger partial charge in [-0.05, 0) is 65.0 Å². The Bertz CT molecular complexity index is 696. The Morgan fingerprint density at radius 3 is 2.81 bits per heavy atom. The van der Waals surface area contributed by atoms with E-state index in [-0.39, 0.29) is 5.91 Å². The Balaban J connectivity index is 2.08. The third kappa shape index (κ3) is 2.60. The van der Waals surface area contributed by atoms with Crippen molar-refractivity contribution in [1.29, 1.82) is 0 Å². The zero-order valence-electron chi connectivity index (χ0n) is 12.0. The molecule has 5 heteroatoms. The van der Waals surface area contributed by atoms with Crippen molar-refractivity contribution in [3.05, 3.63) is 44.1 Å². The maximum atomic E-state index is 12.8. The van der Waals surface area contributed by atoms with Crippen molar-refractivity contribution < 1.29 is 9.53 Å². The second kappa shape index (κ2) is 5.81. The van der Waals surface area contributed by atoms with Crippen molar-refractivity contribution in [3.8, 4) is 5.75 Å². The zero-order chi connectivity index (χ0) is 15.0. The van der Waals surface area contributed by atoms with Crippen LogP contribution in [0.2, 0.25) is 0 Å². The summed E-state index contributed by atoms with van der Waals surface area (Å²) < 4.78 is 6.46. The lowest BCUT2D eigenvalue weighted by Crippen LogP contribution is -2.35. The van der Waals surface area contributed by atoms with Crippen molar-refractivity contribution in [2.24, 2.45) is 0 Å². The molecular formula is C16H16BrNO2S. The first-order valence-electron chi connectivity index (χ1n) is 6.85. The van der Waals surface area contributed by atoms with E-state index in [9.17, 15) is 4.79 Å². The molecule has 0 spiro atoms. The predicted molar refractivity (Wildman–Crippen MR) is 89.7 cm³/mol. The molecule has 0 aliphatic carbocycles. The van der Waals surface area contributed by atoms with Gasteiger partial charge in [0.2, 0.25) is 0 Å². The summed E-state index contributed by atoms with van der Waals surface area (Å²) in [4.78, 5) is 15.4. The first-order valence-corrected chi connectivity index (χ1v) is 8.46. The first-order chi connectivity index (χ1) is 10.1. The number of methoxy groups -OCH3 is 1. The summed E-state index contributed by atoms with van der Waals surface area (Å²) in [5, 5.41) is 0. The number of ether oxygens (including phenoxy) is 1. The van der Waals surface area contributed by atoms with Gasteiger partial charge in [0.1, 0.15) is 5.75 Å². The van der Waals surface area contributed by atoms with Crippen LogP contribution in [0.15, 0.2) is 28.1 Å². The van der Waals surface area contributed by atoms with E-state index in [0.29, 0.717) is 0 Å². The van der Waals surface area contributed by atoms with Gasteiger partial charge in [-0.1, -0.05) is 6.07 Å². The summed E-state index contributed by atoms with van der Waals surface area (Å²) in [6, 6.07) is 7.79. The summed E-state index contributed by atoms with van der Waals surface area (Å²) in [6.07, 6.45) is 1.98. The molecule has 3 nitrogen and oxygen atoms in total. The Morgan fingerprint density at radius 2 is 2.14 bits per heavy atom. The standard InChI is InChI=1S/C16H16BrNO2S/c1-10-5-6-12(20-2)15-11(10)4-3-9-18(15)16(19)13-7-8-14(17)21-13/h5-8H,3-4,9H2,1-2H3. The zero-order valence-corrected chi connectivity index (χ0v) is 14.4. The van der Waals surface area contributed by atoms with Crippen molar-refractivity contribution in [2.45, 2.75) is 19.8 Å². The molecule has 0 bridgehead atoms. The number of amides is 1. The molecule has 3 rings (SSSR count). The fourth-order valence-corrected chi connectivity index (χ4v) is 4.12. The van der Waals surface area contributed by atoms with Gasteiger partial charge in [0, 0.05) is 6.54 Å². The molecule has 1 aliphatic rings.